The van der Waals surface area contributed by atoms with Crippen LogP contribution in [0, 0.1) is 6.92 Å². The molecule has 0 radical (unpaired) electrons. The summed E-state index contributed by atoms with van der Waals surface area (Å²) in [5.74, 6) is -0.546. The fraction of sp³-hybridized carbons (Fsp3) is 0.0400. The van der Waals surface area contributed by atoms with Crippen LogP contribution in [0.15, 0.2) is 79.0 Å². The van der Waals surface area contributed by atoms with Gasteiger partial charge in [-0.2, -0.15) is 0 Å². The molecule has 0 aliphatic heterocycles. The molecule has 4 nitrogen and oxygen atoms in total. The van der Waals surface area contributed by atoms with Crippen LogP contribution in [0.1, 0.15) is 21.5 Å². The molecule has 31 heavy (non-hydrogen) atoms. The van der Waals surface area contributed by atoms with Gasteiger partial charge in [-0.15, -0.1) is 0 Å². The van der Waals surface area contributed by atoms with Crippen LogP contribution in [0.25, 0.3) is 17.0 Å². The summed E-state index contributed by atoms with van der Waals surface area (Å²) in [4.78, 5) is 25.4. The molecule has 0 fully saturated rings. The number of hydrogen-bond acceptors (Lipinski definition) is 2. The number of rotatable bonds is 4. The first-order valence-electron chi connectivity index (χ1n) is 9.58. The highest BCUT2D eigenvalue weighted by Gasteiger charge is 2.19. The molecule has 0 saturated heterocycles. The normalized spacial score (nSPS) is 11.2. The molecule has 0 spiro atoms. The van der Waals surface area contributed by atoms with Gasteiger partial charge in [0, 0.05) is 23.3 Å². The zero-order valence-electron chi connectivity index (χ0n) is 16.6. The van der Waals surface area contributed by atoms with Crippen LogP contribution in [0.2, 0.25) is 10.0 Å². The number of carbonyl (C=O) groups is 2. The molecule has 0 atom stereocenters. The quantitative estimate of drug-likeness (QED) is 0.357. The van der Waals surface area contributed by atoms with Gasteiger partial charge in [-0.25, -0.2) is 0 Å². The highest BCUT2D eigenvalue weighted by atomic mass is 35.5. The lowest BCUT2D eigenvalue weighted by atomic mass is 10.1. The maximum atomic E-state index is 13.1. The second-order valence-electron chi connectivity index (χ2n) is 7.05. The SMILES string of the molecule is Cc1cn(C(=O)c2c(Cl)cccc2Cl)c2ccc(NC(=O)/C=C/c3ccccc3)cc12. The predicted octanol–water partition coefficient (Wildman–Crippen LogP) is 6.60. The Bertz CT molecular complexity index is 1300. The first-order valence-corrected chi connectivity index (χ1v) is 10.3. The molecule has 0 saturated carbocycles. The summed E-state index contributed by atoms with van der Waals surface area (Å²) in [6.45, 7) is 1.90. The van der Waals surface area contributed by atoms with Gasteiger partial charge >= 0.3 is 0 Å². The van der Waals surface area contributed by atoms with Gasteiger partial charge in [0.2, 0.25) is 5.91 Å². The Balaban J connectivity index is 1.61. The van der Waals surface area contributed by atoms with E-state index in [4.69, 9.17) is 23.2 Å². The van der Waals surface area contributed by atoms with Crippen LogP contribution in [-0.2, 0) is 4.79 Å². The molecular weight excluding hydrogens is 431 g/mol. The van der Waals surface area contributed by atoms with Crippen LogP contribution in [-0.4, -0.2) is 16.4 Å². The zero-order chi connectivity index (χ0) is 22.0. The Morgan fingerprint density at radius 2 is 1.65 bits per heavy atom. The first-order chi connectivity index (χ1) is 14.9. The molecule has 0 bridgehead atoms. The summed E-state index contributed by atoms with van der Waals surface area (Å²) in [5, 5.41) is 4.30. The lowest BCUT2D eigenvalue weighted by Crippen LogP contribution is -2.12. The summed E-state index contributed by atoms with van der Waals surface area (Å²) < 4.78 is 1.53. The molecule has 1 heterocycles. The van der Waals surface area contributed by atoms with Crippen molar-refractivity contribution in [1.82, 2.24) is 4.57 Å². The van der Waals surface area contributed by atoms with Gasteiger partial charge in [-0.05, 0) is 54.5 Å². The van der Waals surface area contributed by atoms with Crippen molar-refractivity contribution < 1.29 is 9.59 Å². The summed E-state index contributed by atoms with van der Waals surface area (Å²) in [5.41, 5.74) is 3.43. The molecule has 3 aromatic carbocycles. The number of benzene rings is 3. The molecule has 0 aliphatic carbocycles. The van der Waals surface area contributed by atoms with Crippen molar-refractivity contribution in [1.29, 1.82) is 0 Å². The van der Waals surface area contributed by atoms with Crippen molar-refractivity contribution >= 4 is 57.7 Å². The van der Waals surface area contributed by atoms with E-state index in [2.05, 4.69) is 5.32 Å². The van der Waals surface area contributed by atoms with Gasteiger partial charge in [-0.3, -0.25) is 14.2 Å². The van der Waals surface area contributed by atoms with Gasteiger partial charge < -0.3 is 5.32 Å². The van der Waals surface area contributed by atoms with E-state index in [0.29, 0.717) is 21.2 Å². The number of hydrogen-bond donors (Lipinski definition) is 1. The van der Waals surface area contributed by atoms with Crippen LogP contribution in [0.5, 0.6) is 0 Å². The second-order valence-corrected chi connectivity index (χ2v) is 7.86. The molecule has 0 unspecified atom stereocenters. The first kappa shape index (κ1) is 20.9. The minimum absolute atomic E-state index is 0.237. The number of nitrogens with one attached hydrogen (secondary N) is 1. The Morgan fingerprint density at radius 1 is 0.935 bits per heavy atom. The summed E-state index contributed by atoms with van der Waals surface area (Å²) in [6, 6.07) is 20.0. The Morgan fingerprint density at radius 3 is 2.35 bits per heavy atom. The Kier molecular flexibility index (Phi) is 5.94. The van der Waals surface area contributed by atoms with E-state index in [1.54, 1.807) is 42.6 Å². The van der Waals surface area contributed by atoms with Crippen molar-refractivity contribution in [2.24, 2.45) is 0 Å². The third-order valence-corrected chi connectivity index (χ3v) is 5.52. The smallest absolute Gasteiger partial charge is 0.265 e. The largest absolute Gasteiger partial charge is 0.322 e. The average molecular weight is 449 g/mol. The molecule has 1 amide bonds. The number of aryl methyl sites for hydroxylation is 1. The highest BCUT2D eigenvalue weighted by Crippen LogP contribution is 2.29. The van der Waals surface area contributed by atoms with Crippen LogP contribution in [0.3, 0.4) is 0 Å². The molecule has 4 aromatic rings. The van der Waals surface area contributed by atoms with Crippen molar-refractivity contribution in [3.05, 3.63) is 106 Å². The average Bonchev–Trinajstić information content (AvgIpc) is 3.09. The molecule has 6 heteroatoms. The van der Waals surface area contributed by atoms with Gasteiger partial charge in [0.05, 0.1) is 21.1 Å². The van der Waals surface area contributed by atoms with E-state index >= 15 is 0 Å². The zero-order valence-corrected chi connectivity index (χ0v) is 18.1. The molecule has 4 rings (SSSR count). The van der Waals surface area contributed by atoms with E-state index in [0.717, 1.165) is 16.5 Å². The van der Waals surface area contributed by atoms with Crippen molar-refractivity contribution in [2.45, 2.75) is 6.92 Å². The summed E-state index contributed by atoms with van der Waals surface area (Å²) in [7, 11) is 0. The molecular formula is C25H18Cl2N2O2. The molecule has 1 aromatic heterocycles. The maximum Gasteiger partial charge on any atom is 0.265 e. The van der Waals surface area contributed by atoms with E-state index in [1.807, 2.05) is 43.3 Å². The fourth-order valence-corrected chi connectivity index (χ4v) is 3.94. The van der Waals surface area contributed by atoms with E-state index in [9.17, 15) is 9.59 Å². The third-order valence-electron chi connectivity index (χ3n) is 4.89. The topological polar surface area (TPSA) is 51.1 Å². The number of aromatic nitrogens is 1. The fourth-order valence-electron chi connectivity index (χ4n) is 3.38. The number of halogens is 2. The van der Waals surface area contributed by atoms with Gasteiger partial charge in [0.25, 0.3) is 5.91 Å². The van der Waals surface area contributed by atoms with Crippen LogP contribution < -0.4 is 5.32 Å². The Hall–Kier alpha value is -3.34. The second kappa shape index (κ2) is 8.80. The molecule has 154 valence electrons. The molecule has 1 N–H and O–H groups in total. The third kappa shape index (κ3) is 4.41. The van der Waals surface area contributed by atoms with Gasteiger partial charge in [0.15, 0.2) is 0 Å². The van der Waals surface area contributed by atoms with Crippen molar-refractivity contribution in [2.75, 3.05) is 5.32 Å². The summed E-state index contributed by atoms with van der Waals surface area (Å²) >= 11 is 12.4. The lowest BCUT2D eigenvalue weighted by molar-refractivity contribution is -0.111. The number of anilines is 1. The van der Waals surface area contributed by atoms with E-state index in [-0.39, 0.29) is 17.4 Å². The Labute approximate surface area is 189 Å². The minimum atomic E-state index is -0.309. The van der Waals surface area contributed by atoms with Crippen molar-refractivity contribution in [3.63, 3.8) is 0 Å². The minimum Gasteiger partial charge on any atom is -0.322 e. The maximum absolute atomic E-state index is 13.1. The summed E-state index contributed by atoms with van der Waals surface area (Å²) in [6.07, 6.45) is 4.98. The lowest BCUT2D eigenvalue weighted by Gasteiger charge is -2.09. The van der Waals surface area contributed by atoms with Crippen LogP contribution in [0.4, 0.5) is 5.69 Å². The number of carbonyl (C=O) groups excluding carboxylic acids is 2. The number of nitrogens with zero attached hydrogens (tertiary/aromatic N) is 1. The highest BCUT2D eigenvalue weighted by molar-refractivity contribution is 6.40. The standard InChI is InChI=1S/C25H18Cl2N2O2/c1-16-15-29(25(31)24-20(26)8-5-9-21(24)27)22-12-11-18(14-19(16)22)28-23(30)13-10-17-6-3-2-4-7-17/h2-15H,1H3,(H,28,30)/b13-10+. The number of amides is 1. The number of fused-ring (bicyclic) bond motifs is 1. The van der Waals surface area contributed by atoms with Crippen molar-refractivity contribution in [3.8, 4) is 0 Å². The van der Waals surface area contributed by atoms with Crippen LogP contribution >= 0.6 is 23.2 Å². The van der Waals surface area contributed by atoms with E-state index in [1.165, 1.54) is 10.6 Å². The van der Waals surface area contributed by atoms with E-state index < -0.39 is 0 Å². The monoisotopic (exact) mass is 448 g/mol. The van der Waals surface area contributed by atoms with Gasteiger partial charge in [-0.1, -0.05) is 59.6 Å². The molecule has 0 aliphatic rings. The predicted molar refractivity (Wildman–Crippen MR) is 127 cm³/mol. The van der Waals surface area contributed by atoms with Gasteiger partial charge in [0.1, 0.15) is 0 Å².